The highest BCUT2D eigenvalue weighted by molar-refractivity contribution is 7.78. The van der Waals surface area contributed by atoms with Crippen molar-refractivity contribution in [1.82, 2.24) is 0 Å². The molecule has 0 spiro atoms. The molecule has 0 fully saturated rings. The van der Waals surface area contributed by atoms with Gasteiger partial charge in [0.05, 0.1) is 25.0 Å². The summed E-state index contributed by atoms with van der Waals surface area (Å²) in [6.45, 7) is 3.41. The molecule has 0 aromatic carbocycles. The second kappa shape index (κ2) is 9.59. The zero-order chi connectivity index (χ0) is 16.6. The zero-order valence-corrected chi connectivity index (χ0v) is 14.9. The lowest BCUT2D eigenvalue weighted by Gasteiger charge is -2.35. The van der Waals surface area contributed by atoms with Gasteiger partial charge in [0.25, 0.3) is 0 Å². The predicted octanol–water partition coefficient (Wildman–Crippen LogP) is 1.28. The molecule has 11 heteroatoms. The van der Waals surface area contributed by atoms with E-state index in [-0.39, 0.29) is 13.2 Å². The van der Waals surface area contributed by atoms with Crippen molar-refractivity contribution in [2.75, 3.05) is 25.0 Å². The van der Waals surface area contributed by atoms with Crippen molar-refractivity contribution in [3.8, 4) is 0 Å². The van der Waals surface area contributed by atoms with Crippen molar-refractivity contribution in [2.45, 2.75) is 39.5 Å². The van der Waals surface area contributed by atoms with Crippen molar-refractivity contribution in [2.24, 2.45) is 0 Å². The van der Waals surface area contributed by atoms with Crippen molar-refractivity contribution in [3.05, 3.63) is 0 Å². The number of hydrogen-bond acceptors (Lipinski definition) is 8. The SMILES string of the molecule is CCCCOP(=O)([O-])CP(=O)([O-])CP(=O)([O-])OCCCC. The highest BCUT2D eigenvalue weighted by Gasteiger charge is 2.23. The molecule has 0 N–H and O–H groups in total. The largest absolute Gasteiger partial charge is 0.799 e. The smallest absolute Gasteiger partial charge is 0.141 e. The predicted molar refractivity (Wildman–Crippen MR) is 74.3 cm³/mol. The number of rotatable bonds is 12. The summed E-state index contributed by atoms with van der Waals surface area (Å²) in [6, 6.07) is 0. The fraction of sp³-hybridized carbons (Fsp3) is 1.00. The zero-order valence-electron chi connectivity index (χ0n) is 12.3. The summed E-state index contributed by atoms with van der Waals surface area (Å²) in [7, 11) is -13.9. The van der Waals surface area contributed by atoms with Crippen LogP contribution in [0, 0.1) is 0 Å². The minimum absolute atomic E-state index is 0.112. The van der Waals surface area contributed by atoms with Crippen molar-refractivity contribution < 1.29 is 37.4 Å². The topological polar surface area (TPSA) is 139 Å². The van der Waals surface area contributed by atoms with E-state index in [1.54, 1.807) is 0 Å². The fourth-order valence-electron chi connectivity index (χ4n) is 1.35. The molecule has 0 amide bonds. The third-order valence-electron chi connectivity index (χ3n) is 2.35. The van der Waals surface area contributed by atoms with Crippen LogP contribution in [0.3, 0.4) is 0 Å². The van der Waals surface area contributed by atoms with Gasteiger partial charge in [-0.2, -0.15) is 0 Å². The quantitative estimate of drug-likeness (QED) is 0.373. The van der Waals surface area contributed by atoms with Gasteiger partial charge in [0.15, 0.2) is 0 Å². The van der Waals surface area contributed by atoms with E-state index < -0.39 is 34.4 Å². The molecule has 0 aromatic rings. The average Bonchev–Trinajstić information content (AvgIpc) is 2.25. The Balaban J connectivity index is 4.50. The molecule has 0 radical (unpaired) electrons. The van der Waals surface area contributed by atoms with Crippen LogP contribution in [0.25, 0.3) is 0 Å². The summed E-state index contributed by atoms with van der Waals surface area (Å²) in [5.74, 6) is -2.62. The molecule has 0 aliphatic heterocycles. The minimum Gasteiger partial charge on any atom is -0.799 e. The van der Waals surface area contributed by atoms with E-state index in [9.17, 15) is 28.4 Å². The molecule has 128 valence electrons. The molecule has 2 unspecified atom stereocenters. The standard InChI is InChI=1S/C10H25O8P3/c1-3-5-7-17-20(13,14)9-19(11,12)10-21(15,16)18-8-6-4-2/h3-10H2,1-2H3,(H,11,12)(H,13,14)(H,15,16)/p-3. The van der Waals surface area contributed by atoms with Gasteiger partial charge < -0.3 is 37.4 Å². The maximum absolute atomic E-state index is 11.7. The van der Waals surface area contributed by atoms with E-state index in [2.05, 4.69) is 9.05 Å². The first kappa shape index (κ1) is 21.5. The van der Waals surface area contributed by atoms with Gasteiger partial charge in [0.1, 0.15) is 15.2 Å². The van der Waals surface area contributed by atoms with Crippen LogP contribution in [0.15, 0.2) is 0 Å². The molecule has 0 aliphatic carbocycles. The van der Waals surface area contributed by atoms with E-state index in [1.807, 2.05) is 13.8 Å². The monoisotopic (exact) mass is 363 g/mol. The summed E-state index contributed by atoms with van der Waals surface area (Å²) in [5, 5.41) is 0. The Morgan fingerprint density at radius 2 is 1.10 bits per heavy atom. The normalized spacial score (nSPS) is 20.4. The molecule has 0 heterocycles. The molecule has 21 heavy (non-hydrogen) atoms. The highest BCUT2D eigenvalue weighted by atomic mass is 31.3. The Labute approximate surface area is 125 Å². The lowest BCUT2D eigenvalue weighted by Crippen LogP contribution is -2.19. The van der Waals surface area contributed by atoms with E-state index in [1.165, 1.54) is 0 Å². The van der Waals surface area contributed by atoms with E-state index in [0.29, 0.717) is 25.7 Å². The molecular weight excluding hydrogens is 341 g/mol. The first-order valence-corrected chi connectivity index (χ1v) is 12.2. The Morgan fingerprint density at radius 3 is 1.38 bits per heavy atom. The first-order valence-electron chi connectivity index (χ1n) is 6.72. The average molecular weight is 363 g/mol. The van der Waals surface area contributed by atoms with Crippen LogP contribution in [-0.2, 0) is 22.7 Å². The summed E-state index contributed by atoms with van der Waals surface area (Å²) >= 11 is 0. The fourth-order valence-corrected chi connectivity index (χ4v) is 8.20. The van der Waals surface area contributed by atoms with Gasteiger partial charge in [-0.25, -0.2) is 0 Å². The maximum atomic E-state index is 11.7. The Bertz CT molecular complexity index is 402. The molecule has 2 atom stereocenters. The summed E-state index contributed by atoms with van der Waals surface area (Å²) in [4.78, 5) is 34.6. The van der Waals surface area contributed by atoms with Crippen LogP contribution in [0.2, 0.25) is 0 Å². The van der Waals surface area contributed by atoms with Gasteiger partial charge in [0, 0.05) is 7.37 Å². The van der Waals surface area contributed by atoms with Crippen LogP contribution in [0.5, 0.6) is 0 Å². The van der Waals surface area contributed by atoms with Gasteiger partial charge >= 0.3 is 0 Å². The molecule has 0 aromatic heterocycles. The van der Waals surface area contributed by atoms with Crippen LogP contribution in [0.4, 0.5) is 0 Å². The Kier molecular flexibility index (Phi) is 9.81. The molecule has 8 nitrogen and oxygen atoms in total. The summed E-state index contributed by atoms with van der Waals surface area (Å²) < 4.78 is 43.6. The van der Waals surface area contributed by atoms with Crippen LogP contribution in [0.1, 0.15) is 39.5 Å². The Hall–Kier alpha value is 0.490. The van der Waals surface area contributed by atoms with E-state index >= 15 is 0 Å². The Morgan fingerprint density at radius 1 is 0.762 bits per heavy atom. The second-order valence-electron chi connectivity index (χ2n) is 4.69. The highest BCUT2D eigenvalue weighted by Crippen LogP contribution is 2.59. The van der Waals surface area contributed by atoms with Crippen molar-refractivity contribution >= 4 is 22.6 Å². The lowest BCUT2D eigenvalue weighted by molar-refractivity contribution is -0.202. The van der Waals surface area contributed by atoms with Crippen LogP contribution >= 0.6 is 22.6 Å². The number of hydrogen-bond donors (Lipinski definition) is 0. The molecular formula is C10H22O8P3-3. The van der Waals surface area contributed by atoms with Crippen molar-refractivity contribution in [3.63, 3.8) is 0 Å². The third kappa shape index (κ3) is 11.7. The summed E-state index contributed by atoms with van der Waals surface area (Å²) in [5.41, 5.74) is 0. The molecule has 0 rings (SSSR count). The van der Waals surface area contributed by atoms with Crippen LogP contribution < -0.4 is 14.7 Å². The lowest BCUT2D eigenvalue weighted by atomic mass is 10.4. The second-order valence-corrected chi connectivity index (χ2v) is 11.5. The van der Waals surface area contributed by atoms with Gasteiger partial charge in [0.2, 0.25) is 0 Å². The van der Waals surface area contributed by atoms with Crippen LogP contribution in [-0.4, -0.2) is 25.0 Å². The van der Waals surface area contributed by atoms with E-state index in [0.717, 1.165) is 0 Å². The molecule has 0 bridgehead atoms. The van der Waals surface area contributed by atoms with Gasteiger partial charge in [-0.1, -0.05) is 26.7 Å². The molecule has 0 saturated carbocycles. The van der Waals surface area contributed by atoms with Gasteiger partial charge in [-0.05, 0) is 12.8 Å². The third-order valence-corrected chi connectivity index (χ3v) is 9.72. The minimum atomic E-state index is -4.68. The van der Waals surface area contributed by atoms with Crippen molar-refractivity contribution in [1.29, 1.82) is 0 Å². The first-order chi connectivity index (χ1) is 9.54. The number of unbranched alkanes of at least 4 members (excludes halogenated alkanes) is 2. The maximum Gasteiger partial charge on any atom is 0.141 e. The van der Waals surface area contributed by atoms with Gasteiger partial charge in [-0.3, -0.25) is 0 Å². The molecule has 0 aliphatic rings. The van der Waals surface area contributed by atoms with Gasteiger partial charge in [-0.15, -0.1) is 0 Å². The molecule has 0 saturated heterocycles. The summed E-state index contributed by atoms with van der Waals surface area (Å²) in [6.07, 6.45) is 2.32. The van der Waals surface area contributed by atoms with E-state index in [4.69, 9.17) is 0 Å².